The minimum atomic E-state index is -0.636. The molecule has 0 bridgehead atoms. The number of benzene rings is 2. The summed E-state index contributed by atoms with van der Waals surface area (Å²) in [6.07, 6.45) is 1.92. The molecule has 9 heteroatoms. The van der Waals surface area contributed by atoms with Gasteiger partial charge in [-0.1, -0.05) is 61.9 Å². The van der Waals surface area contributed by atoms with Crippen LogP contribution in [0.15, 0.2) is 59.4 Å². The van der Waals surface area contributed by atoms with Gasteiger partial charge < -0.3 is 4.74 Å². The molecule has 31 heavy (non-hydrogen) atoms. The Morgan fingerprint density at radius 2 is 1.74 bits per heavy atom. The Morgan fingerprint density at radius 3 is 2.52 bits per heavy atom. The minimum Gasteiger partial charge on any atom is -0.453 e. The number of carbonyl (C=O) groups excluding carboxylic acids is 1. The van der Waals surface area contributed by atoms with E-state index in [4.69, 9.17) is 4.74 Å². The summed E-state index contributed by atoms with van der Waals surface area (Å²) in [7, 11) is 0. The number of rotatable bonds is 8. The van der Waals surface area contributed by atoms with Gasteiger partial charge in [0.1, 0.15) is 0 Å². The molecule has 0 saturated heterocycles. The van der Waals surface area contributed by atoms with E-state index in [0.29, 0.717) is 23.1 Å². The number of carbonyl (C=O) groups is 1. The summed E-state index contributed by atoms with van der Waals surface area (Å²) in [5.41, 5.74) is 0.722. The maximum atomic E-state index is 12.9. The molecule has 0 N–H and O–H groups in total. The highest BCUT2D eigenvalue weighted by atomic mass is 16.5. The maximum Gasteiger partial charge on any atom is 0.359 e. The van der Waals surface area contributed by atoms with Gasteiger partial charge in [-0.15, -0.1) is 5.10 Å². The molecule has 2 aromatic heterocycles. The number of hydrogen-bond donors (Lipinski definition) is 0. The molecule has 0 unspecified atom stereocenters. The van der Waals surface area contributed by atoms with Crippen LogP contribution in [0.5, 0.6) is 0 Å². The predicted molar refractivity (Wildman–Crippen MR) is 113 cm³/mol. The Hall–Kier alpha value is -3.88. The average Bonchev–Trinajstić information content (AvgIpc) is 3.26. The highest BCUT2D eigenvalue weighted by Gasteiger charge is 2.19. The van der Waals surface area contributed by atoms with E-state index >= 15 is 0 Å². The fourth-order valence-corrected chi connectivity index (χ4v) is 3.26. The first-order chi connectivity index (χ1) is 15.2. The molecule has 4 aromatic rings. The summed E-state index contributed by atoms with van der Waals surface area (Å²) in [5.74, 6) is -0.174. The third kappa shape index (κ3) is 4.50. The molecule has 9 nitrogen and oxygen atoms in total. The largest absolute Gasteiger partial charge is 0.453 e. The molecule has 0 radical (unpaired) electrons. The summed E-state index contributed by atoms with van der Waals surface area (Å²) >= 11 is 0. The van der Waals surface area contributed by atoms with Gasteiger partial charge in [-0.25, -0.2) is 14.2 Å². The van der Waals surface area contributed by atoms with Crippen LogP contribution in [0.4, 0.5) is 0 Å². The number of unbranched alkanes of at least 4 members (excludes halogenated alkanes) is 1. The van der Waals surface area contributed by atoms with Crippen molar-refractivity contribution in [1.29, 1.82) is 0 Å². The number of nitrogens with zero attached hydrogens (tertiary/aromatic N) is 6. The molecule has 0 atom stereocenters. The lowest BCUT2D eigenvalue weighted by molar-refractivity contribution is 0.0449. The summed E-state index contributed by atoms with van der Waals surface area (Å²) in [6.45, 7) is 2.90. The lowest BCUT2D eigenvalue weighted by Crippen LogP contribution is -2.27. The molecule has 0 fully saturated rings. The van der Waals surface area contributed by atoms with Crippen LogP contribution in [0.3, 0.4) is 0 Å². The van der Waals surface area contributed by atoms with Crippen molar-refractivity contribution in [3.63, 3.8) is 0 Å². The van der Waals surface area contributed by atoms with Gasteiger partial charge in [-0.2, -0.15) is 5.10 Å². The molecule has 0 aliphatic carbocycles. The van der Waals surface area contributed by atoms with Crippen molar-refractivity contribution in [2.24, 2.45) is 0 Å². The monoisotopic (exact) mass is 418 g/mol. The molecule has 0 spiro atoms. The first kappa shape index (κ1) is 20.4. The van der Waals surface area contributed by atoms with E-state index in [2.05, 4.69) is 27.5 Å². The van der Waals surface area contributed by atoms with E-state index in [1.54, 1.807) is 28.9 Å². The summed E-state index contributed by atoms with van der Waals surface area (Å²) < 4.78 is 8.38. The molecule has 0 aliphatic heterocycles. The molecule has 0 amide bonds. The molecular formula is C22H22N6O3. The lowest BCUT2D eigenvalue weighted by atomic mass is 10.1. The van der Waals surface area contributed by atoms with Gasteiger partial charge in [0.05, 0.1) is 11.9 Å². The van der Waals surface area contributed by atoms with E-state index in [-0.39, 0.29) is 24.4 Å². The fraction of sp³-hybridized carbons (Fsp3) is 0.273. The second-order valence-corrected chi connectivity index (χ2v) is 7.09. The zero-order valence-corrected chi connectivity index (χ0v) is 17.1. The van der Waals surface area contributed by atoms with Crippen molar-refractivity contribution in [1.82, 2.24) is 30.0 Å². The Morgan fingerprint density at radius 1 is 1.00 bits per heavy atom. The topological polar surface area (TPSA) is 105 Å². The van der Waals surface area contributed by atoms with E-state index in [0.717, 1.165) is 18.4 Å². The van der Waals surface area contributed by atoms with Gasteiger partial charge in [0.2, 0.25) is 0 Å². The van der Waals surface area contributed by atoms with Gasteiger partial charge in [0, 0.05) is 11.9 Å². The van der Waals surface area contributed by atoms with Crippen molar-refractivity contribution in [2.45, 2.75) is 39.5 Å². The van der Waals surface area contributed by atoms with Crippen molar-refractivity contribution in [3.8, 4) is 0 Å². The first-order valence-corrected chi connectivity index (χ1v) is 10.1. The second kappa shape index (κ2) is 9.29. The molecule has 0 saturated carbocycles. The van der Waals surface area contributed by atoms with Crippen LogP contribution in [0.1, 0.15) is 41.6 Å². The number of tetrazole rings is 1. The van der Waals surface area contributed by atoms with E-state index < -0.39 is 5.97 Å². The smallest absolute Gasteiger partial charge is 0.359 e. The van der Waals surface area contributed by atoms with E-state index in [1.165, 1.54) is 4.68 Å². The van der Waals surface area contributed by atoms with Crippen LogP contribution < -0.4 is 5.56 Å². The van der Waals surface area contributed by atoms with E-state index in [1.807, 2.05) is 30.3 Å². The lowest BCUT2D eigenvalue weighted by Gasteiger charge is -2.11. The van der Waals surface area contributed by atoms with Crippen molar-refractivity contribution < 1.29 is 9.53 Å². The normalized spacial score (nSPS) is 11.0. The highest BCUT2D eigenvalue weighted by molar-refractivity contribution is 6.02. The number of fused-ring (bicyclic) bond motifs is 1. The number of aryl methyl sites for hydroxylation is 1. The van der Waals surface area contributed by atoms with Crippen LogP contribution in [0, 0.1) is 0 Å². The first-order valence-electron chi connectivity index (χ1n) is 10.1. The van der Waals surface area contributed by atoms with Crippen molar-refractivity contribution in [3.05, 3.63) is 82.0 Å². The van der Waals surface area contributed by atoms with Crippen LogP contribution in [-0.4, -0.2) is 36.0 Å². The standard InChI is InChI=1S/C22H22N6O3/c1-2-3-13-27-19(23-25-26-27)15-31-22(30)20-17-11-7-8-12-18(17)21(29)28(24-20)14-16-9-5-4-6-10-16/h4-12H,2-3,13-15H2,1H3. The third-order valence-electron chi connectivity index (χ3n) is 4.90. The van der Waals surface area contributed by atoms with Crippen LogP contribution in [0.25, 0.3) is 10.8 Å². The van der Waals surface area contributed by atoms with Crippen LogP contribution >= 0.6 is 0 Å². The van der Waals surface area contributed by atoms with Crippen molar-refractivity contribution >= 4 is 16.7 Å². The van der Waals surface area contributed by atoms with Gasteiger partial charge in [-0.3, -0.25) is 4.79 Å². The summed E-state index contributed by atoms with van der Waals surface area (Å²) in [5, 5.41) is 16.7. The van der Waals surface area contributed by atoms with Gasteiger partial charge in [-0.05, 0) is 28.5 Å². The highest BCUT2D eigenvalue weighted by Crippen LogP contribution is 2.15. The van der Waals surface area contributed by atoms with Crippen molar-refractivity contribution in [2.75, 3.05) is 0 Å². The number of esters is 1. The van der Waals surface area contributed by atoms with Gasteiger partial charge >= 0.3 is 5.97 Å². The summed E-state index contributed by atoms with van der Waals surface area (Å²) in [4.78, 5) is 25.8. The fourth-order valence-electron chi connectivity index (χ4n) is 3.26. The number of aromatic nitrogens is 6. The van der Waals surface area contributed by atoms with Gasteiger partial charge in [0.25, 0.3) is 5.56 Å². The second-order valence-electron chi connectivity index (χ2n) is 7.09. The minimum absolute atomic E-state index is 0.0800. The quantitative estimate of drug-likeness (QED) is 0.405. The predicted octanol–water partition coefficient (Wildman–Crippen LogP) is 2.59. The van der Waals surface area contributed by atoms with Crippen LogP contribution in [-0.2, 0) is 24.4 Å². The Kier molecular flexibility index (Phi) is 6.11. The Balaban J connectivity index is 1.63. The molecule has 2 aromatic carbocycles. The third-order valence-corrected chi connectivity index (χ3v) is 4.90. The summed E-state index contributed by atoms with van der Waals surface area (Å²) in [6, 6.07) is 16.4. The zero-order valence-electron chi connectivity index (χ0n) is 17.1. The van der Waals surface area contributed by atoms with Gasteiger partial charge in [0.15, 0.2) is 18.1 Å². The molecule has 0 aliphatic rings. The molecular weight excluding hydrogens is 396 g/mol. The Labute approximate surface area is 178 Å². The Bertz CT molecular complexity index is 1250. The molecule has 4 rings (SSSR count). The zero-order chi connectivity index (χ0) is 21.6. The SMILES string of the molecule is CCCCn1nnnc1COC(=O)c1nn(Cc2ccccc2)c(=O)c2ccccc12. The number of hydrogen-bond acceptors (Lipinski definition) is 7. The molecule has 158 valence electrons. The average molecular weight is 418 g/mol. The number of ether oxygens (including phenoxy) is 1. The van der Waals surface area contributed by atoms with Crippen LogP contribution in [0.2, 0.25) is 0 Å². The van der Waals surface area contributed by atoms with E-state index in [9.17, 15) is 9.59 Å². The molecule has 2 heterocycles. The maximum absolute atomic E-state index is 12.9.